The molecule has 25 heavy (non-hydrogen) atoms. The van der Waals surface area contributed by atoms with Gasteiger partial charge in [-0.05, 0) is 36.2 Å². The van der Waals surface area contributed by atoms with Crippen molar-refractivity contribution < 1.29 is 19.0 Å². The number of carbonyl (C=O) groups excluding carboxylic acids is 1. The molecule has 0 unspecified atom stereocenters. The van der Waals surface area contributed by atoms with Gasteiger partial charge in [-0.1, -0.05) is 24.3 Å². The standard InChI is InChI=1S/C19H24N2O4/c1-14-6-4-5-7-16(14)25-11-10-20-19(22)21-13-15-8-9-17(23-2)18(12-15)24-3/h4-9,12H,10-11,13H2,1-3H3,(H2,20,21,22). The fourth-order valence-corrected chi connectivity index (χ4v) is 2.28. The summed E-state index contributed by atoms with van der Waals surface area (Å²) in [4.78, 5) is 11.8. The summed E-state index contributed by atoms with van der Waals surface area (Å²) in [6.07, 6.45) is 0. The average Bonchev–Trinajstić information content (AvgIpc) is 2.64. The van der Waals surface area contributed by atoms with Gasteiger partial charge in [-0.2, -0.15) is 0 Å². The zero-order valence-corrected chi connectivity index (χ0v) is 14.8. The van der Waals surface area contributed by atoms with E-state index in [1.807, 2.05) is 49.4 Å². The fourth-order valence-electron chi connectivity index (χ4n) is 2.28. The Hall–Kier alpha value is -2.89. The van der Waals surface area contributed by atoms with Crippen LogP contribution in [-0.4, -0.2) is 33.4 Å². The van der Waals surface area contributed by atoms with Crippen molar-refractivity contribution in [2.45, 2.75) is 13.5 Å². The Bertz CT molecular complexity index is 704. The highest BCUT2D eigenvalue weighted by molar-refractivity contribution is 5.73. The van der Waals surface area contributed by atoms with Crippen molar-refractivity contribution in [1.82, 2.24) is 10.6 Å². The van der Waals surface area contributed by atoms with Gasteiger partial charge >= 0.3 is 6.03 Å². The van der Waals surface area contributed by atoms with E-state index >= 15 is 0 Å². The number of para-hydroxylation sites is 1. The van der Waals surface area contributed by atoms with E-state index in [9.17, 15) is 4.79 Å². The first kappa shape index (κ1) is 18.4. The molecular weight excluding hydrogens is 320 g/mol. The van der Waals surface area contributed by atoms with Crippen molar-refractivity contribution in [1.29, 1.82) is 0 Å². The zero-order valence-electron chi connectivity index (χ0n) is 14.8. The van der Waals surface area contributed by atoms with Crippen molar-refractivity contribution >= 4 is 6.03 Å². The highest BCUT2D eigenvalue weighted by Crippen LogP contribution is 2.27. The van der Waals surface area contributed by atoms with Gasteiger partial charge in [0.1, 0.15) is 12.4 Å². The molecule has 0 radical (unpaired) electrons. The summed E-state index contributed by atoms with van der Waals surface area (Å²) in [5.41, 5.74) is 1.99. The lowest BCUT2D eigenvalue weighted by Gasteiger charge is -2.12. The van der Waals surface area contributed by atoms with Gasteiger partial charge in [0, 0.05) is 6.54 Å². The van der Waals surface area contributed by atoms with Crippen molar-refractivity contribution in [2.24, 2.45) is 0 Å². The number of rotatable bonds is 8. The summed E-state index contributed by atoms with van der Waals surface area (Å²) < 4.78 is 16.1. The van der Waals surface area contributed by atoms with Gasteiger partial charge in [0.05, 0.1) is 20.8 Å². The first-order chi connectivity index (χ1) is 12.1. The maximum absolute atomic E-state index is 11.8. The van der Waals surface area contributed by atoms with E-state index in [2.05, 4.69) is 10.6 Å². The first-order valence-electron chi connectivity index (χ1n) is 8.05. The van der Waals surface area contributed by atoms with E-state index < -0.39 is 0 Å². The number of amides is 2. The molecule has 0 bridgehead atoms. The van der Waals surface area contributed by atoms with E-state index in [-0.39, 0.29) is 6.03 Å². The molecule has 0 spiro atoms. The summed E-state index contributed by atoms with van der Waals surface area (Å²) in [6.45, 7) is 3.21. The van der Waals surface area contributed by atoms with Crippen LogP contribution in [-0.2, 0) is 6.54 Å². The van der Waals surface area contributed by atoms with Crippen LogP contribution in [0.25, 0.3) is 0 Å². The maximum Gasteiger partial charge on any atom is 0.315 e. The summed E-state index contributed by atoms with van der Waals surface area (Å²) in [6, 6.07) is 13.1. The van der Waals surface area contributed by atoms with Crippen LogP contribution in [0.4, 0.5) is 4.79 Å². The van der Waals surface area contributed by atoms with E-state index in [0.29, 0.717) is 31.2 Å². The molecule has 0 aliphatic heterocycles. The van der Waals surface area contributed by atoms with Gasteiger partial charge in [0.2, 0.25) is 0 Å². The molecule has 0 saturated carbocycles. The maximum atomic E-state index is 11.8. The summed E-state index contributed by atoms with van der Waals surface area (Å²) in [5.74, 6) is 2.12. The fraction of sp³-hybridized carbons (Fsp3) is 0.316. The first-order valence-corrected chi connectivity index (χ1v) is 8.05. The molecule has 0 aromatic heterocycles. The largest absolute Gasteiger partial charge is 0.493 e. The third-order valence-electron chi connectivity index (χ3n) is 3.64. The lowest BCUT2D eigenvalue weighted by atomic mass is 10.2. The highest BCUT2D eigenvalue weighted by atomic mass is 16.5. The molecule has 2 aromatic carbocycles. The second-order valence-corrected chi connectivity index (χ2v) is 5.41. The predicted octanol–water partition coefficient (Wildman–Crippen LogP) is 2.89. The Morgan fingerprint density at radius 2 is 1.72 bits per heavy atom. The monoisotopic (exact) mass is 344 g/mol. The second-order valence-electron chi connectivity index (χ2n) is 5.41. The lowest BCUT2D eigenvalue weighted by molar-refractivity contribution is 0.236. The Kier molecular flexibility index (Phi) is 6.95. The van der Waals surface area contributed by atoms with Crippen molar-refractivity contribution in [3.63, 3.8) is 0 Å². The second kappa shape index (κ2) is 9.42. The number of ether oxygens (including phenoxy) is 3. The van der Waals surface area contributed by atoms with E-state index in [0.717, 1.165) is 16.9 Å². The molecule has 2 N–H and O–H groups in total. The van der Waals surface area contributed by atoms with Crippen LogP contribution in [0.5, 0.6) is 17.2 Å². The molecular formula is C19H24N2O4. The quantitative estimate of drug-likeness (QED) is 0.723. The third-order valence-corrected chi connectivity index (χ3v) is 3.64. The van der Waals surface area contributed by atoms with Gasteiger partial charge in [-0.25, -0.2) is 4.79 Å². The molecule has 6 nitrogen and oxygen atoms in total. The Morgan fingerprint density at radius 3 is 2.44 bits per heavy atom. The molecule has 0 heterocycles. The Balaban J connectivity index is 1.71. The number of hydrogen-bond donors (Lipinski definition) is 2. The summed E-state index contributed by atoms with van der Waals surface area (Å²) in [7, 11) is 3.17. The minimum absolute atomic E-state index is 0.247. The van der Waals surface area contributed by atoms with Crippen molar-refractivity contribution in [3.05, 3.63) is 53.6 Å². The van der Waals surface area contributed by atoms with E-state index in [1.54, 1.807) is 14.2 Å². The zero-order chi connectivity index (χ0) is 18.1. The molecule has 0 aliphatic rings. The predicted molar refractivity (Wildman–Crippen MR) is 96.5 cm³/mol. The third kappa shape index (κ3) is 5.60. The molecule has 0 atom stereocenters. The van der Waals surface area contributed by atoms with E-state index in [1.165, 1.54) is 0 Å². The normalized spacial score (nSPS) is 10.0. The number of methoxy groups -OCH3 is 2. The number of aryl methyl sites for hydroxylation is 1. The molecule has 0 aliphatic carbocycles. The van der Waals surface area contributed by atoms with Gasteiger partial charge in [0.15, 0.2) is 11.5 Å². The molecule has 6 heteroatoms. The number of benzene rings is 2. The topological polar surface area (TPSA) is 68.8 Å². The van der Waals surface area contributed by atoms with Crippen molar-refractivity contribution in [2.75, 3.05) is 27.4 Å². The summed E-state index contributed by atoms with van der Waals surface area (Å²) >= 11 is 0. The Labute approximate surface area is 148 Å². The average molecular weight is 344 g/mol. The Morgan fingerprint density at radius 1 is 0.960 bits per heavy atom. The van der Waals surface area contributed by atoms with Crippen LogP contribution in [0, 0.1) is 6.92 Å². The van der Waals surface area contributed by atoms with Crippen LogP contribution in [0.3, 0.4) is 0 Å². The minimum Gasteiger partial charge on any atom is -0.493 e. The van der Waals surface area contributed by atoms with Gasteiger partial charge in [0.25, 0.3) is 0 Å². The molecule has 2 amide bonds. The smallest absolute Gasteiger partial charge is 0.315 e. The molecule has 2 aromatic rings. The van der Waals surface area contributed by atoms with Crippen molar-refractivity contribution in [3.8, 4) is 17.2 Å². The van der Waals surface area contributed by atoms with Gasteiger partial charge < -0.3 is 24.8 Å². The SMILES string of the molecule is COc1ccc(CNC(=O)NCCOc2ccccc2C)cc1OC. The molecule has 2 rings (SSSR count). The van der Waals surface area contributed by atoms with Crippen LogP contribution < -0.4 is 24.8 Å². The minimum atomic E-state index is -0.247. The molecule has 0 fully saturated rings. The van der Waals surface area contributed by atoms with E-state index in [4.69, 9.17) is 14.2 Å². The van der Waals surface area contributed by atoms with Crippen LogP contribution in [0.2, 0.25) is 0 Å². The number of hydrogen-bond acceptors (Lipinski definition) is 4. The summed E-state index contributed by atoms with van der Waals surface area (Å²) in [5, 5.41) is 5.56. The number of urea groups is 1. The lowest BCUT2D eigenvalue weighted by Crippen LogP contribution is -2.37. The highest BCUT2D eigenvalue weighted by Gasteiger charge is 2.06. The van der Waals surface area contributed by atoms with Crippen LogP contribution >= 0.6 is 0 Å². The number of nitrogens with one attached hydrogen (secondary N) is 2. The molecule has 0 saturated heterocycles. The van der Waals surface area contributed by atoms with Crippen LogP contribution in [0.15, 0.2) is 42.5 Å². The van der Waals surface area contributed by atoms with Gasteiger partial charge in [-0.15, -0.1) is 0 Å². The van der Waals surface area contributed by atoms with Gasteiger partial charge in [-0.3, -0.25) is 0 Å². The number of carbonyl (C=O) groups is 1. The molecule has 134 valence electrons. The van der Waals surface area contributed by atoms with Crippen LogP contribution in [0.1, 0.15) is 11.1 Å².